The predicted octanol–water partition coefficient (Wildman–Crippen LogP) is 3.28. The van der Waals surface area contributed by atoms with E-state index in [1.165, 1.54) is 31.4 Å². The van der Waals surface area contributed by atoms with Gasteiger partial charge in [0, 0.05) is 31.2 Å². The Morgan fingerprint density at radius 3 is 2.56 bits per heavy atom. The molecule has 2 saturated heterocycles. The van der Waals surface area contributed by atoms with Crippen LogP contribution in [0.15, 0.2) is 47.5 Å². The standard InChI is InChI=1S/C27H34FN3O3/c28-22-5-7-24(8-6-22)31-13-10-21(18-31)27(32)29-23(19-30-11-2-1-3-12-30)16-20-4-9-25-26(17-20)34-15-14-33-25/h4-9,17,21,23H,1-3,10-16,18-19H2,(H,29,32)/p-1. The highest BCUT2D eigenvalue weighted by atomic mass is 19.1. The Kier molecular flexibility index (Phi) is 7.19. The van der Waals surface area contributed by atoms with Crippen molar-refractivity contribution in [1.82, 2.24) is 4.90 Å². The molecule has 2 aromatic rings. The third-order valence-corrected chi connectivity index (χ3v) is 7.03. The van der Waals surface area contributed by atoms with Crippen LogP contribution in [0.5, 0.6) is 11.5 Å². The zero-order chi connectivity index (χ0) is 23.3. The van der Waals surface area contributed by atoms with Crippen LogP contribution < -0.4 is 19.5 Å². The summed E-state index contributed by atoms with van der Waals surface area (Å²) < 4.78 is 24.7. The van der Waals surface area contributed by atoms with Crippen LogP contribution in [0.1, 0.15) is 31.2 Å². The molecule has 5 rings (SSSR count). The second-order valence-electron chi connectivity index (χ2n) is 9.57. The third kappa shape index (κ3) is 5.63. The lowest BCUT2D eigenvalue weighted by atomic mass is 10.0. The largest absolute Gasteiger partial charge is 0.862 e. The van der Waals surface area contributed by atoms with Crippen molar-refractivity contribution in [3.63, 3.8) is 0 Å². The molecule has 0 bridgehead atoms. The number of halogens is 1. The van der Waals surface area contributed by atoms with Crippen LogP contribution in [0, 0.1) is 11.7 Å². The number of nitrogens with zero attached hydrogens (tertiary/aromatic N) is 3. The van der Waals surface area contributed by atoms with Crippen molar-refractivity contribution in [1.29, 1.82) is 0 Å². The van der Waals surface area contributed by atoms with E-state index >= 15 is 0 Å². The first-order chi connectivity index (χ1) is 16.6. The van der Waals surface area contributed by atoms with Crippen molar-refractivity contribution in [3.05, 3.63) is 53.8 Å². The van der Waals surface area contributed by atoms with E-state index in [1.54, 1.807) is 12.1 Å². The maximum Gasteiger partial charge on any atom is 0.161 e. The smallest absolute Gasteiger partial charge is 0.161 e. The summed E-state index contributed by atoms with van der Waals surface area (Å²) in [5.41, 5.74) is 2.07. The molecule has 2 atom stereocenters. The van der Waals surface area contributed by atoms with Crippen LogP contribution in [0.4, 0.5) is 10.1 Å². The lowest BCUT2D eigenvalue weighted by molar-refractivity contribution is -0.223. The Bertz CT molecular complexity index is 991. The summed E-state index contributed by atoms with van der Waals surface area (Å²) in [5, 5.41) is 13.2. The molecule has 2 unspecified atom stereocenters. The lowest BCUT2D eigenvalue weighted by Crippen LogP contribution is -2.39. The SMILES string of the molecule is [O-]C(=NC(Cc1ccc2c(c1)OCCO2)CN1CCCCC1)C1CCN(c2ccc(F)cc2)C1. The number of piperidine rings is 1. The fourth-order valence-corrected chi connectivity index (χ4v) is 5.21. The molecule has 0 spiro atoms. The maximum absolute atomic E-state index is 13.3. The predicted molar refractivity (Wildman–Crippen MR) is 129 cm³/mol. The number of aliphatic imine (C=N–C) groups is 1. The second-order valence-corrected chi connectivity index (χ2v) is 9.57. The Hall–Kier alpha value is -2.80. The van der Waals surface area contributed by atoms with Crippen molar-refractivity contribution in [3.8, 4) is 11.5 Å². The van der Waals surface area contributed by atoms with Crippen LogP contribution in [-0.2, 0) is 6.42 Å². The Morgan fingerprint density at radius 1 is 1.00 bits per heavy atom. The number of hydrogen-bond acceptors (Lipinski definition) is 6. The van der Waals surface area contributed by atoms with E-state index in [9.17, 15) is 9.50 Å². The van der Waals surface area contributed by atoms with Gasteiger partial charge in [0.1, 0.15) is 19.0 Å². The third-order valence-electron chi connectivity index (χ3n) is 7.03. The highest BCUT2D eigenvalue weighted by Gasteiger charge is 2.24. The summed E-state index contributed by atoms with van der Waals surface area (Å²) in [6.45, 7) is 5.50. The van der Waals surface area contributed by atoms with Gasteiger partial charge >= 0.3 is 0 Å². The van der Waals surface area contributed by atoms with E-state index < -0.39 is 0 Å². The average Bonchev–Trinajstić information content (AvgIpc) is 3.36. The van der Waals surface area contributed by atoms with Crippen LogP contribution in [0.2, 0.25) is 0 Å². The van der Waals surface area contributed by atoms with E-state index in [4.69, 9.17) is 14.5 Å². The number of rotatable bonds is 7. The van der Waals surface area contributed by atoms with E-state index in [0.29, 0.717) is 26.2 Å². The van der Waals surface area contributed by atoms with Crippen molar-refractivity contribution in [2.24, 2.45) is 10.9 Å². The summed E-state index contributed by atoms with van der Waals surface area (Å²) in [7, 11) is 0. The fourth-order valence-electron chi connectivity index (χ4n) is 5.21. The molecule has 34 heavy (non-hydrogen) atoms. The van der Waals surface area contributed by atoms with Crippen molar-refractivity contribution in [2.45, 2.75) is 38.1 Å². The number of likely N-dealkylation sites (tertiary alicyclic amines) is 1. The summed E-state index contributed by atoms with van der Waals surface area (Å²) in [6, 6.07) is 12.5. The Labute approximate surface area is 201 Å². The molecule has 0 aliphatic carbocycles. The van der Waals surface area contributed by atoms with E-state index in [2.05, 4.69) is 15.9 Å². The minimum Gasteiger partial charge on any atom is -0.862 e. The number of ether oxygens (including phenoxy) is 2. The minimum absolute atomic E-state index is 0.0100. The first-order valence-electron chi connectivity index (χ1n) is 12.5. The molecule has 3 aliphatic rings. The molecule has 2 fully saturated rings. The fraction of sp³-hybridized carbons (Fsp3) is 0.519. The highest BCUT2D eigenvalue weighted by Crippen LogP contribution is 2.31. The number of anilines is 1. The molecular formula is C27H33FN3O3-. The quantitative estimate of drug-likeness (QED) is 0.463. The minimum atomic E-state index is -0.245. The van der Waals surface area contributed by atoms with Gasteiger partial charge in [-0.25, -0.2) is 4.39 Å². The molecule has 6 nitrogen and oxygen atoms in total. The molecule has 182 valence electrons. The molecule has 7 heteroatoms. The molecule has 0 N–H and O–H groups in total. The van der Waals surface area contributed by atoms with E-state index in [0.717, 1.165) is 55.3 Å². The van der Waals surface area contributed by atoms with Gasteiger partial charge in [0.05, 0.1) is 6.04 Å². The topological polar surface area (TPSA) is 60.4 Å². The number of benzene rings is 2. The zero-order valence-electron chi connectivity index (χ0n) is 19.6. The summed E-state index contributed by atoms with van der Waals surface area (Å²) in [4.78, 5) is 9.36. The normalized spacial score (nSPS) is 22.1. The Morgan fingerprint density at radius 2 is 1.76 bits per heavy atom. The van der Waals surface area contributed by atoms with Crippen LogP contribution in [0.25, 0.3) is 0 Å². The molecule has 0 saturated carbocycles. The van der Waals surface area contributed by atoms with Crippen LogP contribution in [-0.4, -0.2) is 62.8 Å². The summed E-state index contributed by atoms with van der Waals surface area (Å²) in [6.07, 6.45) is 5.17. The van der Waals surface area contributed by atoms with Gasteiger partial charge in [-0.05, 0) is 86.6 Å². The molecule has 0 radical (unpaired) electrons. The first-order valence-corrected chi connectivity index (χ1v) is 12.5. The average molecular weight is 467 g/mol. The zero-order valence-corrected chi connectivity index (χ0v) is 19.6. The monoisotopic (exact) mass is 466 g/mol. The van der Waals surface area contributed by atoms with Gasteiger partial charge in [0.2, 0.25) is 0 Å². The van der Waals surface area contributed by atoms with Crippen molar-refractivity contribution < 1.29 is 19.0 Å². The van der Waals surface area contributed by atoms with Crippen LogP contribution >= 0.6 is 0 Å². The molecule has 3 aliphatic heterocycles. The van der Waals surface area contributed by atoms with Gasteiger partial charge in [-0.1, -0.05) is 12.5 Å². The molecule has 0 aromatic heterocycles. The second kappa shape index (κ2) is 10.6. The van der Waals surface area contributed by atoms with Gasteiger partial charge in [-0.3, -0.25) is 0 Å². The summed E-state index contributed by atoms with van der Waals surface area (Å²) >= 11 is 0. The number of hydrogen-bond donors (Lipinski definition) is 0. The van der Waals surface area contributed by atoms with Crippen molar-refractivity contribution in [2.75, 3.05) is 50.8 Å². The maximum atomic E-state index is 13.3. The van der Waals surface area contributed by atoms with Gasteiger partial charge in [-0.15, -0.1) is 0 Å². The van der Waals surface area contributed by atoms with Gasteiger partial charge in [0.25, 0.3) is 0 Å². The van der Waals surface area contributed by atoms with E-state index in [1.807, 2.05) is 12.1 Å². The molecule has 2 aromatic carbocycles. The first kappa shape index (κ1) is 23.0. The van der Waals surface area contributed by atoms with Crippen molar-refractivity contribution >= 4 is 11.6 Å². The van der Waals surface area contributed by atoms with Gasteiger partial charge in [-0.2, -0.15) is 0 Å². The number of fused-ring (bicyclic) bond motifs is 1. The lowest BCUT2D eigenvalue weighted by Gasteiger charge is -2.31. The molecular weight excluding hydrogens is 433 g/mol. The highest BCUT2D eigenvalue weighted by molar-refractivity contribution is 5.76. The van der Waals surface area contributed by atoms with Gasteiger partial charge < -0.3 is 29.4 Å². The van der Waals surface area contributed by atoms with Gasteiger partial charge in [0.15, 0.2) is 11.5 Å². The Balaban J connectivity index is 1.29. The van der Waals surface area contributed by atoms with E-state index in [-0.39, 0.29) is 23.7 Å². The molecule has 3 heterocycles. The summed E-state index contributed by atoms with van der Waals surface area (Å²) in [5.74, 6) is 1.18. The molecule has 0 amide bonds. The van der Waals surface area contributed by atoms with Crippen LogP contribution in [0.3, 0.4) is 0 Å².